The number of anilines is 1. The predicted octanol–water partition coefficient (Wildman–Crippen LogP) is 4.98. The fraction of sp³-hybridized carbons (Fsp3) is 0.375. The Hall–Kier alpha value is -3.85. The maximum atomic E-state index is 14.1. The van der Waals surface area contributed by atoms with E-state index in [1.165, 1.54) is 24.1 Å². The van der Waals surface area contributed by atoms with Gasteiger partial charge in [0.2, 0.25) is 11.8 Å². The highest BCUT2D eigenvalue weighted by atomic mass is 32.2. The van der Waals surface area contributed by atoms with Crippen LogP contribution in [0.2, 0.25) is 0 Å². The molecule has 3 aromatic rings. The van der Waals surface area contributed by atoms with E-state index in [-0.39, 0.29) is 23.4 Å². The first-order valence-corrected chi connectivity index (χ1v) is 15.4. The first-order valence-electron chi connectivity index (χ1n) is 14.0. The average Bonchev–Trinajstić information content (AvgIpc) is 3.48. The van der Waals surface area contributed by atoms with Crippen LogP contribution >= 0.6 is 0 Å². The maximum Gasteiger partial charge on any atom is 0.264 e. The molecule has 41 heavy (non-hydrogen) atoms. The number of methoxy groups -OCH3 is 1. The SMILES string of the molecule is COc1ccc(N(CC(=O)N(Cc2ccccc2C)[C@H](C)C(=O)NC2CCCC2)S(=O)(=O)c2ccc(C)cc2)cc1. The van der Waals surface area contributed by atoms with Crippen molar-refractivity contribution < 1.29 is 22.7 Å². The van der Waals surface area contributed by atoms with Gasteiger partial charge in [-0.2, -0.15) is 0 Å². The van der Waals surface area contributed by atoms with Gasteiger partial charge in [-0.15, -0.1) is 0 Å². The Morgan fingerprint density at radius 1 is 0.951 bits per heavy atom. The number of amides is 2. The summed E-state index contributed by atoms with van der Waals surface area (Å²) in [6, 6.07) is 20.0. The molecular weight excluding hydrogens is 538 g/mol. The van der Waals surface area contributed by atoms with E-state index < -0.39 is 28.5 Å². The summed E-state index contributed by atoms with van der Waals surface area (Å²) in [4.78, 5) is 29.0. The average molecular weight is 578 g/mol. The van der Waals surface area contributed by atoms with Crippen LogP contribution in [0, 0.1) is 13.8 Å². The number of benzene rings is 3. The Morgan fingerprint density at radius 3 is 2.20 bits per heavy atom. The monoisotopic (exact) mass is 577 g/mol. The summed E-state index contributed by atoms with van der Waals surface area (Å²) in [5, 5.41) is 3.09. The minimum atomic E-state index is -4.12. The molecule has 2 amide bonds. The van der Waals surface area contributed by atoms with Crippen LogP contribution in [-0.4, -0.2) is 50.9 Å². The van der Waals surface area contributed by atoms with E-state index in [0.717, 1.165) is 46.7 Å². The van der Waals surface area contributed by atoms with Crippen LogP contribution in [0.5, 0.6) is 5.75 Å². The van der Waals surface area contributed by atoms with Crippen LogP contribution in [0.15, 0.2) is 77.7 Å². The summed E-state index contributed by atoms with van der Waals surface area (Å²) in [6.45, 7) is 5.23. The quantitative estimate of drug-likeness (QED) is 0.347. The van der Waals surface area contributed by atoms with E-state index in [2.05, 4.69) is 5.32 Å². The molecule has 4 rings (SSSR count). The number of ether oxygens (including phenoxy) is 1. The number of nitrogens with one attached hydrogen (secondary N) is 1. The van der Waals surface area contributed by atoms with Gasteiger partial charge >= 0.3 is 0 Å². The van der Waals surface area contributed by atoms with E-state index in [9.17, 15) is 18.0 Å². The number of hydrogen-bond acceptors (Lipinski definition) is 5. The standard InChI is InChI=1S/C32H39N3O5S/c1-23-13-19-30(20-14-23)41(38,39)35(28-15-17-29(40-4)18-16-28)22-31(36)34(21-26-10-6-5-9-24(26)2)25(3)32(37)33-27-11-7-8-12-27/h5-6,9-10,13-20,25,27H,7-8,11-12,21-22H2,1-4H3,(H,33,37)/t25-/m1/s1. The Kier molecular flexibility index (Phi) is 9.70. The number of sulfonamides is 1. The van der Waals surface area contributed by atoms with Gasteiger partial charge in [0.05, 0.1) is 17.7 Å². The molecule has 1 fully saturated rings. The van der Waals surface area contributed by atoms with E-state index >= 15 is 0 Å². The van der Waals surface area contributed by atoms with Gasteiger partial charge in [-0.1, -0.05) is 54.8 Å². The van der Waals surface area contributed by atoms with Crippen molar-refractivity contribution in [3.63, 3.8) is 0 Å². The second kappa shape index (κ2) is 13.2. The Morgan fingerprint density at radius 2 is 1.59 bits per heavy atom. The van der Waals surface area contributed by atoms with Gasteiger partial charge in [0.25, 0.3) is 10.0 Å². The lowest BCUT2D eigenvalue weighted by atomic mass is 10.1. The number of hydrogen-bond donors (Lipinski definition) is 1. The lowest BCUT2D eigenvalue weighted by molar-refractivity contribution is -0.139. The van der Waals surface area contributed by atoms with Crippen LogP contribution in [0.1, 0.15) is 49.3 Å². The van der Waals surface area contributed by atoms with Crippen molar-refractivity contribution >= 4 is 27.5 Å². The fourth-order valence-corrected chi connectivity index (χ4v) is 6.47. The smallest absolute Gasteiger partial charge is 0.264 e. The maximum absolute atomic E-state index is 14.1. The molecule has 3 aromatic carbocycles. The zero-order valence-corrected chi connectivity index (χ0v) is 25.0. The molecule has 1 saturated carbocycles. The van der Waals surface area contributed by atoms with Crippen molar-refractivity contribution in [2.45, 2.75) is 70.0 Å². The second-order valence-corrected chi connectivity index (χ2v) is 12.5. The zero-order valence-electron chi connectivity index (χ0n) is 24.2. The minimum Gasteiger partial charge on any atom is -0.497 e. The Balaban J connectivity index is 1.69. The molecule has 1 N–H and O–H groups in total. The number of nitrogens with zero attached hydrogens (tertiary/aromatic N) is 2. The molecule has 218 valence electrons. The molecule has 0 spiro atoms. The normalized spacial score (nSPS) is 14.3. The minimum absolute atomic E-state index is 0.0733. The van der Waals surface area contributed by atoms with Crippen molar-refractivity contribution in [3.8, 4) is 5.75 Å². The predicted molar refractivity (Wildman–Crippen MR) is 160 cm³/mol. The Labute approximate surface area is 243 Å². The van der Waals surface area contributed by atoms with Gasteiger partial charge in [-0.3, -0.25) is 13.9 Å². The Bertz CT molecular complexity index is 1450. The fourth-order valence-electron chi connectivity index (χ4n) is 5.06. The van der Waals surface area contributed by atoms with Crippen LogP contribution < -0.4 is 14.4 Å². The molecule has 0 aromatic heterocycles. The second-order valence-electron chi connectivity index (χ2n) is 10.6. The molecular formula is C32H39N3O5S. The van der Waals surface area contributed by atoms with Crippen molar-refractivity contribution in [2.24, 2.45) is 0 Å². The van der Waals surface area contributed by atoms with Crippen LogP contribution in [0.3, 0.4) is 0 Å². The molecule has 0 bridgehead atoms. The van der Waals surface area contributed by atoms with E-state index in [4.69, 9.17) is 4.74 Å². The summed E-state index contributed by atoms with van der Waals surface area (Å²) in [7, 11) is -2.59. The molecule has 0 saturated heterocycles. The molecule has 1 atom stereocenters. The molecule has 0 aliphatic heterocycles. The molecule has 1 aliphatic rings. The number of carbonyl (C=O) groups excluding carboxylic acids is 2. The van der Waals surface area contributed by atoms with Crippen molar-refractivity contribution in [1.29, 1.82) is 0 Å². The highest BCUT2D eigenvalue weighted by Crippen LogP contribution is 2.27. The van der Waals surface area contributed by atoms with Crippen LogP contribution in [-0.2, 0) is 26.2 Å². The third-order valence-corrected chi connectivity index (χ3v) is 9.51. The summed E-state index contributed by atoms with van der Waals surface area (Å²) in [5.74, 6) is -0.156. The van der Waals surface area contributed by atoms with E-state index in [1.807, 2.05) is 38.1 Å². The summed E-state index contributed by atoms with van der Waals surface area (Å²) in [6.07, 6.45) is 3.98. The van der Waals surface area contributed by atoms with Crippen molar-refractivity contribution in [1.82, 2.24) is 10.2 Å². The number of rotatable bonds is 11. The molecule has 0 heterocycles. The van der Waals surface area contributed by atoms with Gasteiger partial charge in [-0.25, -0.2) is 8.42 Å². The van der Waals surface area contributed by atoms with Gasteiger partial charge < -0.3 is 15.0 Å². The van der Waals surface area contributed by atoms with Gasteiger partial charge in [0.1, 0.15) is 18.3 Å². The van der Waals surface area contributed by atoms with Crippen molar-refractivity contribution in [2.75, 3.05) is 18.0 Å². The number of carbonyl (C=O) groups is 2. The lowest BCUT2D eigenvalue weighted by Crippen LogP contribution is -2.52. The summed E-state index contributed by atoms with van der Waals surface area (Å²) in [5.41, 5.74) is 3.10. The molecule has 1 aliphatic carbocycles. The third-order valence-electron chi connectivity index (χ3n) is 7.72. The molecule has 8 nitrogen and oxygen atoms in total. The number of aryl methyl sites for hydroxylation is 2. The van der Waals surface area contributed by atoms with Crippen molar-refractivity contribution in [3.05, 3.63) is 89.5 Å². The highest BCUT2D eigenvalue weighted by molar-refractivity contribution is 7.92. The molecule has 9 heteroatoms. The van der Waals surface area contributed by atoms with Crippen LogP contribution in [0.25, 0.3) is 0 Å². The summed E-state index contributed by atoms with van der Waals surface area (Å²) >= 11 is 0. The summed E-state index contributed by atoms with van der Waals surface area (Å²) < 4.78 is 34.3. The lowest BCUT2D eigenvalue weighted by Gasteiger charge is -2.33. The van der Waals surface area contributed by atoms with Gasteiger partial charge in [-0.05, 0) is 81.1 Å². The molecule has 0 unspecified atom stereocenters. The third kappa shape index (κ3) is 7.27. The van der Waals surface area contributed by atoms with Crippen LogP contribution in [0.4, 0.5) is 5.69 Å². The van der Waals surface area contributed by atoms with Gasteiger partial charge in [0.15, 0.2) is 0 Å². The highest BCUT2D eigenvalue weighted by Gasteiger charge is 2.33. The largest absolute Gasteiger partial charge is 0.497 e. The molecule has 0 radical (unpaired) electrons. The van der Waals surface area contributed by atoms with Gasteiger partial charge in [0, 0.05) is 12.6 Å². The van der Waals surface area contributed by atoms with E-state index in [1.54, 1.807) is 43.3 Å². The zero-order chi connectivity index (χ0) is 29.6. The topological polar surface area (TPSA) is 96.0 Å². The van der Waals surface area contributed by atoms with E-state index in [0.29, 0.717) is 11.4 Å². The first-order chi connectivity index (χ1) is 19.6. The first kappa shape index (κ1) is 30.1.